The second-order valence-electron chi connectivity index (χ2n) is 3.82. The number of esters is 1. The second-order valence-corrected chi connectivity index (χ2v) is 3.82. The Hall–Kier alpha value is -1.48. The van der Waals surface area contributed by atoms with E-state index in [1.807, 2.05) is 0 Å². The number of carbonyl (C=O) groups is 1. The highest BCUT2D eigenvalue weighted by atomic mass is 16.6. The van der Waals surface area contributed by atoms with Crippen molar-refractivity contribution in [3.8, 4) is 18.4 Å². The minimum absolute atomic E-state index is 0.438. The number of hydrogen-bond donors (Lipinski definition) is 0. The van der Waals surface area contributed by atoms with E-state index in [1.165, 1.54) is 6.92 Å². The molecule has 3 nitrogen and oxygen atoms in total. The zero-order valence-corrected chi connectivity index (χ0v) is 8.46. The van der Waals surface area contributed by atoms with E-state index in [4.69, 9.17) is 16.4 Å². The number of carbonyl (C=O) groups excluding carboxylic acids is 1. The minimum Gasteiger partial charge on any atom is -0.445 e. The molecule has 0 aromatic heterocycles. The molecular weight excluding hydrogens is 178 g/mol. The monoisotopic (exact) mass is 191 g/mol. The van der Waals surface area contributed by atoms with Crippen LogP contribution in [0.5, 0.6) is 0 Å². The molecule has 0 aliphatic heterocycles. The van der Waals surface area contributed by atoms with Crippen molar-refractivity contribution >= 4 is 5.97 Å². The highest BCUT2D eigenvalue weighted by molar-refractivity contribution is 5.67. The molecule has 0 unspecified atom stereocenters. The average molecular weight is 191 g/mol. The summed E-state index contributed by atoms with van der Waals surface area (Å²) in [4.78, 5) is 10.9. The van der Waals surface area contributed by atoms with Gasteiger partial charge in [0.2, 0.25) is 0 Å². The Kier molecular flexibility index (Phi) is 2.53. The van der Waals surface area contributed by atoms with Gasteiger partial charge in [-0.05, 0) is 26.2 Å². The molecule has 3 heteroatoms. The van der Waals surface area contributed by atoms with E-state index in [9.17, 15) is 4.79 Å². The lowest BCUT2D eigenvalue weighted by molar-refractivity contribution is -0.162. The molecule has 74 valence electrons. The van der Waals surface area contributed by atoms with Crippen LogP contribution < -0.4 is 0 Å². The molecule has 1 rings (SSSR count). The molecule has 1 saturated carbocycles. The molecule has 14 heavy (non-hydrogen) atoms. The van der Waals surface area contributed by atoms with E-state index in [0.717, 1.165) is 6.42 Å². The number of nitriles is 1. The van der Waals surface area contributed by atoms with Crippen LogP contribution in [0.15, 0.2) is 0 Å². The number of ether oxygens (including phenoxy) is 1. The van der Waals surface area contributed by atoms with Gasteiger partial charge in [0.25, 0.3) is 0 Å². The zero-order chi connectivity index (χ0) is 10.8. The van der Waals surface area contributed by atoms with E-state index in [-0.39, 0.29) is 0 Å². The maximum atomic E-state index is 10.9. The van der Waals surface area contributed by atoms with Gasteiger partial charge < -0.3 is 4.74 Å². The summed E-state index contributed by atoms with van der Waals surface area (Å²) in [5.41, 5.74) is -1.75. The van der Waals surface area contributed by atoms with Crippen molar-refractivity contribution in [2.24, 2.45) is 5.41 Å². The van der Waals surface area contributed by atoms with E-state index in [0.29, 0.717) is 12.8 Å². The summed E-state index contributed by atoms with van der Waals surface area (Å²) in [5, 5.41) is 9.08. The summed E-state index contributed by atoms with van der Waals surface area (Å²) in [6.45, 7) is 2.94. The van der Waals surface area contributed by atoms with Crippen molar-refractivity contribution < 1.29 is 9.53 Å². The predicted octanol–water partition coefficient (Wildman–Crippen LogP) is 1.64. The molecule has 0 N–H and O–H groups in total. The SMILES string of the molecule is C#C[C@@](C)(OC(C)=O)C1(C#N)CCC1. The quantitative estimate of drug-likeness (QED) is 0.492. The summed E-state index contributed by atoms with van der Waals surface area (Å²) < 4.78 is 5.09. The molecule has 0 spiro atoms. The Morgan fingerprint density at radius 1 is 1.64 bits per heavy atom. The van der Waals surface area contributed by atoms with Gasteiger partial charge in [-0.15, -0.1) is 6.42 Å². The third-order valence-corrected chi connectivity index (χ3v) is 2.96. The molecule has 0 radical (unpaired) electrons. The second kappa shape index (κ2) is 3.35. The highest BCUT2D eigenvalue weighted by Crippen LogP contribution is 2.50. The van der Waals surface area contributed by atoms with Gasteiger partial charge in [0.1, 0.15) is 5.41 Å². The van der Waals surface area contributed by atoms with E-state index in [2.05, 4.69) is 12.0 Å². The topological polar surface area (TPSA) is 50.1 Å². The van der Waals surface area contributed by atoms with Crippen molar-refractivity contribution in [2.45, 2.75) is 38.7 Å². The van der Waals surface area contributed by atoms with Crippen molar-refractivity contribution in [3.63, 3.8) is 0 Å². The van der Waals surface area contributed by atoms with Gasteiger partial charge in [-0.3, -0.25) is 4.79 Å². The van der Waals surface area contributed by atoms with Crippen LogP contribution in [-0.4, -0.2) is 11.6 Å². The third kappa shape index (κ3) is 1.36. The molecule has 0 saturated heterocycles. The van der Waals surface area contributed by atoms with Crippen molar-refractivity contribution in [2.75, 3.05) is 0 Å². The first-order valence-corrected chi connectivity index (χ1v) is 4.58. The fourth-order valence-electron chi connectivity index (χ4n) is 1.78. The van der Waals surface area contributed by atoms with Gasteiger partial charge in [-0.2, -0.15) is 5.26 Å². The Bertz CT molecular complexity index is 330. The number of hydrogen-bond acceptors (Lipinski definition) is 3. The Labute approximate surface area is 84.0 Å². The van der Waals surface area contributed by atoms with Gasteiger partial charge in [0.15, 0.2) is 5.60 Å². The highest BCUT2D eigenvalue weighted by Gasteiger charge is 2.54. The van der Waals surface area contributed by atoms with Crippen LogP contribution in [0, 0.1) is 29.1 Å². The summed E-state index contributed by atoms with van der Waals surface area (Å²) in [6, 6.07) is 2.19. The average Bonchev–Trinajstić information content (AvgIpc) is 2.01. The summed E-state index contributed by atoms with van der Waals surface area (Å²) >= 11 is 0. The van der Waals surface area contributed by atoms with Crippen molar-refractivity contribution in [3.05, 3.63) is 0 Å². The summed E-state index contributed by atoms with van der Waals surface area (Å²) in [6.07, 6.45) is 7.72. The van der Waals surface area contributed by atoms with Crippen LogP contribution in [0.4, 0.5) is 0 Å². The van der Waals surface area contributed by atoms with E-state index in [1.54, 1.807) is 6.92 Å². The van der Waals surface area contributed by atoms with Crippen LogP contribution in [0.25, 0.3) is 0 Å². The molecule has 1 atom stereocenters. The Morgan fingerprint density at radius 3 is 2.43 bits per heavy atom. The fourth-order valence-corrected chi connectivity index (χ4v) is 1.78. The van der Waals surface area contributed by atoms with Gasteiger partial charge in [0, 0.05) is 6.92 Å². The van der Waals surface area contributed by atoms with Crippen LogP contribution in [0.2, 0.25) is 0 Å². The molecule has 0 bridgehead atoms. The maximum absolute atomic E-state index is 10.9. The molecule has 0 heterocycles. The summed E-state index contributed by atoms with van der Waals surface area (Å²) in [7, 11) is 0. The van der Waals surface area contributed by atoms with Crippen molar-refractivity contribution in [1.29, 1.82) is 5.26 Å². The van der Waals surface area contributed by atoms with E-state index >= 15 is 0 Å². The van der Waals surface area contributed by atoms with Crippen LogP contribution in [0.3, 0.4) is 0 Å². The summed E-state index contributed by atoms with van der Waals surface area (Å²) in [5.74, 6) is 2.00. The van der Waals surface area contributed by atoms with Gasteiger partial charge in [-0.1, -0.05) is 5.92 Å². The fraction of sp³-hybridized carbons (Fsp3) is 0.636. The first-order valence-electron chi connectivity index (χ1n) is 4.58. The molecule has 1 aliphatic carbocycles. The van der Waals surface area contributed by atoms with E-state index < -0.39 is 17.0 Å². The Balaban J connectivity index is 2.96. The lowest BCUT2D eigenvalue weighted by Crippen LogP contribution is -2.51. The predicted molar refractivity (Wildman–Crippen MR) is 50.9 cm³/mol. The van der Waals surface area contributed by atoms with Crippen molar-refractivity contribution in [1.82, 2.24) is 0 Å². The largest absolute Gasteiger partial charge is 0.445 e. The van der Waals surface area contributed by atoms with Gasteiger partial charge in [0.05, 0.1) is 6.07 Å². The number of rotatable bonds is 2. The molecule has 1 fully saturated rings. The molecule has 0 aromatic rings. The first kappa shape index (κ1) is 10.6. The molecular formula is C11H13NO2. The van der Waals surface area contributed by atoms with Gasteiger partial charge >= 0.3 is 5.97 Å². The molecule has 0 amide bonds. The van der Waals surface area contributed by atoms with Crippen LogP contribution >= 0.6 is 0 Å². The number of nitrogens with zero attached hydrogens (tertiary/aromatic N) is 1. The zero-order valence-electron chi connectivity index (χ0n) is 8.46. The standard InChI is InChI=1S/C11H13NO2/c1-4-10(3,14-9(2)13)11(8-12)6-5-7-11/h1H,5-7H2,2-3H3/t10-/m1/s1. The first-order chi connectivity index (χ1) is 6.49. The number of terminal acetylenes is 1. The smallest absolute Gasteiger partial charge is 0.304 e. The van der Waals surface area contributed by atoms with Crippen LogP contribution in [-0.2, 0) is 9.53 Å². The third-order valence-electron chi connectivity index (χ3n) is 2.96. The normalized spacial score (nSPS) is 22.0. The maximum Gasteiger partial charge on any atom is 0.304 e. The minimum atomic E-state index is -1.08. The lowest BCUT2D eigenvalue weighted by Gasteiger charge is -2.45. The lowest BCUT2D eigenvalue weighted by atomic mass is 9.60. The van der Waals surface area contributed by atoms with Crippen LogP contribution in [0.1, 0.15) is 33.1 Å². The molecule has 0 aromatic carbocycles. The molecule has 1 aliphatic rings. The van der Waals surface area contributed by atoms with Gasteiger partial charge in [-0.25, -0.2) is 0 Å². The Morgan fingerprint density at radius 2 is 2.21 bits per heavy atom.